The zero-order valence-electron chi connectivity index (χ0n) is 8.77. The van der Waals surface area contributed by atoms with Crippen molar-refractivity contribution in [3.05, 3.63) is 12.7 Å². The highest BCUT2D eigenvalue weighted by molar-refractivity contribution is 7.91. The Morgan fingerprint density at radius 3 is 2.87 bits per heavy atom. The molecule has 4 nitrogen and oxygen atoms in total. The van der Waals surface area contributed by atoms with Gasteiger partial charge in [0.2, 0.25) is 0 Å². The van der Waals surface area contributed by atoms with Crippen molar-refractivity contribution in [2.24, 2.45) is 0 Å². The maximum Gasteiger partial charge on any atom is 0.169 e. The third-order valence-electron chi connectivity index (χ3n) is 2.47. The van der Waals surface area contributed by atoms with Crippen LogP contribution in [-0.2, 0) is 9.84 Å². The Balaban J connectivity index is 2.51. The van der Waals surface area contributed by atoms with Gasteiger partial charge in [0.1, 0.15) is 0 Å². The number of rotatable bonds is 3. The lowest BCUT2D eigenvalue weighted by Gasteiger charge is -2.26. The summed E-state index contributed by atoms with van der Waals surface area (Å²) in [6, 6.07) is 0.0137. The van der Waals surface area contributed by atoms with Gasteiger partial charge in [-0.1, -0.05) is 6.08 Å². The normalized spacial score (nSPS) is 23.4. The smallest absolute Gasteiger partial charge is 0.169 e. The molecule has 6 heteroatoms. The van der Waals surface area contributed by atoms with Gasteiger partial charge in [-0.25, -0.2) is 8.42 Å². The average molecular weight is 248 g/mol. The minimum atomic E-state index is -2.84. The summed E-state index contributed by atoms with van der Waals surface area (Å²) in [5, 5.41) is 3.56. The molecule has 0 aromatic carbocycles. The minimum Gasteiger partial charge on any atom is -0.359 e. The van der Waals surface area contributed by atoms with Crippen LogP contribution in [0.25, 0.3) is 0 Å². The van der Waals surface area contributed by atoms with Crippen molar-refractivity contribution in [1.82, 2.24) is 10.2 Å². The van der Waals surface area contributed by atoms with Gasteiger partial charge in [0.15, 0.2) is 14.9 Å². The number of nitrogens with zero attached hydrogens (tertiary/aromatic N) is 1. The maximum atomic E-state index is 11.3. The molecule has 1 aliphatic rings. The van der Waals surface area contributed by atoms with E-state index in [1.807, 2.05) is 11.9 Å². The zero-order valence-corrected chi connectivity index (χ0v) is 10.4. The van der Waals surface area contributed by atoms with Crippen molar-refractivity contribution in [2.75, 3.05) is 25.1 Å². The fourth-order valence-electron chi connectivity index (χ4n) is 1.53. The van der Waals surface area contributed by atoms with Gasteiger partial charge in [-0.15, -0.1) is 6.58 Å². The predicted molar refractivity (Wildman–Crippen MR) is 65.6 cm³/mol. The van der Waals surface area contributed by atoms with Gasteiger partial charge in [0.05, 0.1) is 11.5 Å². The van der Waals surface area contributed by atoms with Crippen LogP contribution in [-0.4, -0.2) is 49.6 Å². The fourth-order valence-corrected chi connectivity index (χ4v) is 3.54. The molecule has 1 N–H and O–H groups in total. The molecule has 1 rings (SSSR count). The lowest BCUT2D eigenvalue weighted by atomic mass is 10.2. The molecule has 1 aliphatic heterocycles. The van der Waals surface area contributed by atoms with Crippen molar-refractivity contribution in [3.63, 3.8) is 0 Å². The van der Waals surface area contributed by atoms with Gasteiger partial charge in [0, 0.05) is 19.6 Å². The topological polar surface area (TPSA) is 49.4 Å². The zero-order chi connectivity index (χ0) is 11.5. The standard InChI is InChI=1S/C9H16N2O2S2/c1-3-5-10-9(14)11(2)8-4-6-15(12,13)7-8/h3,8H,1,4-7H2,2H3,(H,10,14)/t8-/m1/s1. The molecule has 0 bridgehead atoms. The largest absolute Gasteiger partial charge is 0.359 e. The van der Waals surface area contributed by atoms with Crippen molar-refractivity contribution < 1.29 is 8.42 Å². The van der Waals surface area contributed by atoms with E-state index >= 15 is 0 Å². The summed E-state index contributed by atoms with van der Waals surface area (Å²) < 4.78 is 22.6. The van der Waals surface area contributed by atoms with E-state index in [9.17, 15) is 8.42 Å². The van der Waals surface area contributed by atoms with E-state index in [2.05, 4.69) is 11.9 Å². The van der Waals surface area contributed by atoms with Crippen LogP contribution in [0.5, 0.6) is 0 Å². The Bertz CT molecular complexity index is 351. The van der Waals surface area contributed by atoms with E-state index in [0.29, 0.717) is 18.1 Å². The van der Waals surface area contributed by atoms with E-state index in [1.54, 1.807) is 6.08 Å². The predicted octanol–water partition coefficient (Wildman–Crippen LogP) is 0.166. The Morgan fingerprint density at radius 1 is 1.73 bits per heavy atom. The summed E-state index contributed by atoms with van der Waals surface area (Å²) in [5.41, 5.74) is 0. The molecule has 1 fully saturated rings. The van der Waals surface area contributed by atoms with Crippen molar-refractivity contribution >= 4 is 27.2 Å². The molecule has 1 heterocycles. The summed E-state index contributed by atoms with van der Waals surface area (Å²) in [6.07, 6.45) is 2.38. The molecule has 1 atom stereocenters. The van der Waals surface area contributed by atoms with Gasteiger partial charge in [0.25, 0.3) is 0 Å². The van der Waals surface area contributed by atoms with Crippen LogP contribution < -0.4 is 5.32 Å². The molecule has 0 aliphatic carbocycles. The van der Waals surface area contributed by atoms with Crippen LogP contribution >= 0.6 is 12.2 Å². The van der Waals surface area contributed by atoms with E-state index in [4.69, 9.17) is 12.2 Å². The molecule has 0 aromatic rings. The third kappa shape index (κ3) is 3.46. The lowest BCUT2D eigenvalue weighted by molar-refractivity contribution is 0.392. The summed E-state index contributed by atoms with van der Waals surface area (Å²) in [5.74, 6) is 0.478. The van der Waals surface area contributed by atoms with Gasteiger partial charge in [-0.05, 0) is 18.6 Å². The summed E-state index contributed by atoms with van der Waals surface area (Å²) >= 11 is 5.13. The number of sulfone groups is 1. The number of thiocarbonyl (C=S) groups is 1. The molecule has 0 amide bonds. The van der Waals surface area contributed by atoms with Crippen molar-refractivity contribution in [3.8, 4) is 0 Å². The molecule has 0 unspecified atom stereocenters. The van der Waals surface area contributed by atoms with Crippen LogP contribution in [0, 0.1) is 0 Å². The molecule has 0 radical (unpaired) electrons. The first-order valence-corrected chi connectivity index (χ1v) is 7.01. The first kappa shape index (κ1) is 12.4. The Hall–Kier alpha value is -0.620. The van der Waals surface area contributed by atoms with Crippen molar-refractivity contribution in [2.45, 2.75) is 12.5 Å². The summed E-state index contributed by atoms with van der Waals surface area (Å²) in [4.78, 5) is 1.82. The second-order valence-electron chi connectivity index (χ2n) is 3.64. The van der Waals surface area contributed by atoms with E-state index in [-0.39, 0.29) is 17.5 Å². The van der Waals surface area contributed by atoms with E-state index in [0.717, 1.165) is 0 Å². The van der Waals surface area contributed by atoms with Crippen LogP contribution in [0.1, 0.15) is 6.42 Å². The lowest BCUT2D eigenvalue weighted by Crippen LogP contribution is -2.43. The first-order chi connectivity index (χ1) is 6.96. The number of hydrogen-bond acceptors (Lipinski definition) is 3. The Kier molecular flexibility index (Phi) is 4.10. The maximum absolute atomic E-state index is 11.3. The van der Waals surface area contributed by atoms with Gasteiger partial charge in [-0.3, -0.25) is 0 Å². The van der Waals surface area contributed by atoms with Gasteiger partial charge >= 0.3 is 0 Å². The summed E-state index contributed by atoms with van der Waals surface area (Å²) in [6.45, 7) is 4.18. The van der Waals surface area contributed by atoms with Gasteiger partial charge in [-0.2, -0.15) is 0 Å². The molecule has 1 saturated heterocycles. The molecular weight excluding hydrogens is 232 g/mol. The second kappa shape index (κ2) is 4.94. The molecular formula is C9H16N2O2S2. The van der Waals surface area contributed by atoms with Crippen LogP contribution in [0.15, 0.2) is 12.7 Å². The van der Waals surface area contributed by atoms with E-state index < -0.39 is 9.84 Å². The minimum absolute atomic E-state index is 0.0137. The second-order valence-corrected chi connectivity index (χ2v) is 6.26. The number of hydrogen-bond donors (Lipinski definition) is 1. The SMILES string of the molecule is C=CCNC(=S)N(C)[C@@H]1CCS(=O)(=O)C1. The highest BCUT2D eigenvalue weighted by Gasteiger charge is 2.31. The fraction of sp³-hybridized carbons (Fsp3) is 0.667. The van der Waals surface area contributed by atoms with Gasteiger partial charge < -0.3 is 10.2 Å². The third-order valence-corrected chi connectivity index (χ3v) is 4.66. The molecule has 0 aromatic heterocycles. The highest BCUT2D eigenvalue weighted by Crippen LogP contribution is 2.16. The highest BCUT2D eigenvalue weighted by atomic mass is 32.2. The quantitative estimate of drug-likeness (QED) is 0.570. The average Bonchev–Trinajstić information content (AvgIpc) is 2.54. The van der Waals surface area contributed by atoms with Crippen molar-refractivity contribution in [1.29, 1.82) is 0 Å². The Morgan fingerprint density at radius 2 is 2.40 bits per heavy atom. The molecule has 0 spiro atoms. The van der Waals surface area contributed by atoms with Crippen LogP contribution in [0.4, 0.5) is 0 Å². The number of nitrogens with one attached hydrogen (secondary N) is 1. The Labute approximate surface area is 96.3 Å². The molecule has 0 saturated carbocycles. The molecule has 15 heavy (non-hydrogen) atoms. The van der Waals surface area contributed by atoms with Crippen LogP contribution in [0.3, 0.4) is 0 Å². The molecule has 86 valence electrons. The van der Waals surface area contributed by atoms with E-state index in [1.165, 1.54) is 0 Å². The van der Waals surface area contributed by atoms with Crippen LogP contribution in [0.2, 0.25) is 0 Å². The monoisotopic (exact) mass is 248 g/mol. The summed E-state index contributed by atoms with van der Waals surface area (Å²) in [7, 11) is -1.02. The first-order valence-electron chi connectivity index (χ1n) is 4.78.